The lowest BCUT2D eigenvalue weighted by Gasteiger charge is -2.29. The van der Waals surface area contributed by atoms with Gasteiger partial charge in [-0.2, -0.15) is 4.98 Å². The third-order valence-electron chi connectivity index (χ3n) is 7.45. The Hall–Kier alpha value is -3.73. The summed E-state index contributed by atoms with van der Waals surface area (Å²) in [5, 5.41) is 3.72. The number of carbonyl (C=O) groups is 2. The van der Waals surface area contributed by atoms with Gasteiger partial charge < -0.3 is 36.1 Å². The van der Waals surface area contributed by atoms with Gasteiger partial charge in [-0.25, -0.2) is 14.6 Å². The molecule has 12 heteroatoms. The van der Waals surface area contributed by atoms with Crippen LogP contribution in [0.2, 0.25) is 5.02 Å². The number of hydrogen-bond acceptors (Lipinski definition) is 8. The summed E-state index contributed by atoms with van der Waals surface area (Å²) < 4.78 is 11.1. The van der Waals surface area contributed by atoms with Crippen molar-refractivity contribution in [2.75, 3.05) is 37.5 Å². The first-order valence-corrected chi connectivity index (χ1v) is 12.5. The third-order valence-corrected chi connectivity index (χ3v) is 7.73. The Bertz CT molecular complexity index is 1260. The fraction of sp³-hybridized carbons (Fsp3) is 0.440. The number of primary amides is 2. The van der Waals surface area contributed by atoms with Crippen LogP contribution in [0, 0.1) is 11.8 Å². The van der Waals surface area contributed by atoms with E-state index in [9.17, 15) is 9.59 Å². The minimum Gasteiger partial charge on any atom is -0.495 e. The molecular formula is C25H30ClN7O4. The number of fused-ring (bicyclic) bond motifs is 3. The minimum atomic E-state index is -0.804. The highest BCUT2D eigenvalue weighted by Crippen LogP contribution is 2.43. The van der Waals surface area contributed by atoms with Crippen LogP contribution in [0.25, 0.3) is 0 Å². The van der Waals surface area contributed by atoms with Gasteiger partial charge in [-0.15, -0.1) is 0 Å². The van der Waals surface area contributed by atoms with Gasteiger partial charge in [0.25, 0.3) is 0 Å². The molecule has 1 aromatic carbocycles. The van der Waals surface area contributed by atoms with Crippen molar-refractivity contribution < 1.29 is 19.1 Å². The molecule has 3 amide bonds. The predicted molar refractivity (Wildman–Crippen MR) is 139 cm³/mol. The molecule has 2 aliphatic carbocycles. The molecule has 5 N–H and O–H groups in total. The topological polar surface area (TPSA) is 149 Å². The fourth-order valence-electron chi connectivity index (χ4n) is 5.53. The van der Waals surface area contributed by atoms with Crippen molar-refractivity contribution in [1.82, 2.24) is 14.9 Å². The lowest BCUT2D eigenvalue weighted by Crippen LogP contribution is -2.41. The monoisotopic (exact) mass is 527 g/mol. The zero-order valence-electron chi connectivity index (χ0n) is 20.7. The average molecular weight is 528 g/mol. The first-order chi connectivity index (χ1) is 17.7. The molecule has 1 saturated carbocycles. The summed E-state index contributed by atoms with van der Waals surface area (Å²) in [7, 11) is 3.46. The normalized spacial score (nSPS) is 23.8. The fourth-order valence-corrected chi connectivity index (χ4v) is 5.68. The van der Waals surface area contributed by atoms with Crippen molar-refractivity contribution in [3.05, 3.63) is 46.6 Å². The van der Waals surface area contributed by atoms with Crippen LogP contribution in [-0.4, -0.2) is 66.4 Å². The second-order valence-corrected chi connectivity index (χ2v) is 9.97. The summed E-state index contributed by atoms with van der Waals surface area (Å²) in [6.45, 7) is 1.12. The molecule has 1 aromatic heterocycles. The summed E-state index contributed by atoms with van der Waals surface area (Å²) in [6, 6.07) is 3.42. The number of nitrogens with one attached hydrogen (secondary N) is 1. The van der Waals surface area contributed by atoms with Crippen LogP contribution < -0.4 is 26.4 Å². The van der Waals surface area contributed by atoms with Crippen molar-refractivity contribution in [2.24, 2.45) is 23.3 Å². The summed E-state index contributed by atoms with van der Waals surface area (Å²) >= 11 is 6.47. The molecule has 5 rings (SSSR count). The number of amides is 3. The number of urea groups is 1. The Morgan fingerprint density at radius 1 is 1.16 bits per heavy atom. The van der Waals surface area contributed by atoms with E-state index in [0.717, 1.165) is 23.2 Å². The molecule has 2 aromatic rings. The van der Waals surface area contributed by atoms with Crippen molar-refractivity contribution in [1.29, 1.82) is 0 Å². The smallest absolute Gasteiger partial charge is 0.404 e. The quantitative estimate of drug-likeness (QED) is 0.485. The number of nitrogens with two attached hydrogens (primary N) is 2. The van der Waals surface area contributed by atoms with E-state index in [4.69, 9.17) is 37.5 Å². The van der Waals surface area contributed by atoms with Gasteiger partial charge in [0, 0.05) is 32.0 Å². The van der Waals surface area contributed by atoms with Gasteiger partial charge >= 0.3 is 12.1 Å². The molecule has 0 radical (unpaired) electrons. The Kier molecular flexibility index (Phi) is 6.72. The highest BCUT2D eigenvalue weighted by molar-refractivity contribution is 6.32. The summed E-state index contributed by atoms with van der Waals surface area (Å²) in [5.74, 6) is 1.78. The Morgan fingerprint density at radius 3 is 2.54 bits per heavy atom. The molecule has 0 saturated heterocycles. The minimum absolute atomic E-state index is 0.104. The number of aromatic nitrogens is 2. The maximum absolute atomic E-state index is 11.7. The molecule has 4 atom stereocenters. The Morgan fingerprint density at radius 2 is 1.86 bits per heavy atom. The number of rotatable bonds is 6. The van der Waals surface area contributed by atoms with E-state index in [1.54, 1.807) is 12.0 Å². The standard InChI is InChI=1S/C25H30ClN7O4/c1-32(18-10-13-5-7-33(23(27)34)8-6-14(13)11-19(18)36-2)25-29-12-17(26)22(31-25)30-20-15-3-4-16(9-15)21(20)37-24(28)35/h3-4,10-12,15-16,20-21H,5-9H2,1-2H3,(H2,27,34)(H2,28,35)(H,29,30,31)/t15-,16+,20+,21-/m0/s1. The Balaban J connectivity index is 1.42. The largest absolute Gasteiger partial charge is 0.495 e. The summed E-state index contributed by atoms with van der Waals surface area (Å²) in [5.41, 5.74) is 13.8. The second kappa shape index (κ2) is 9.97. The molecule has 3 aliphatic rings. The van der Waals surface area contributed by atoms with Gasteiger partial charge in [-0.1, -0.05) is 23.8 Å². The number of hydrogen-bond donors (Lipinski definition) is 3. The van der Waals surface area contributed by atoms with E-state index in [1.165, 1.54) is 6.20 Å². The zero-order valence-corrected chi connectivity index (χ0v) is 21.4. The number of halogens is 1. The second-order valence-electron chi connectivity index (χ2n) is 9.56. The van der Waals surface area contributed by atoms with Crippen LogP contribution in [0.3, 0.4) is 0 Å². The summed E-state index contributed by atoms with van der Waals surface area (Å²) in [4.78, 5) is 35.8. The van der Waals surface area contributed by atoms with Gasteiger partial charge in [-0.3, -0.25) is 0 Å². The molecule has 0 spiro atoms. The van der Waals surface area contributed by atoms with Gasteiger partial charge in [0.05, 0.1) is 25.0 Å². The van der Waals surface area contributed by atoms with Crippen molar-refractivity contribution in [3.63, 3.8) is 0 Å². The maximum Gasteiger partial charge on any atom is 0.404 e. The van der Waals surface area contributed by atoms with Crippen molar-refractivity contribution in [3.8, 4) is 5.75 Å². The number of methoxy groups -OCH3 is 1. The number of benzene rings is 1. The van der Waals surface area contributed by atoms with Crippen molar-refractivity contribution >= 4 is 41.2 Å². The molecule has 11 nitrogen and oxygen atoms in total. The first kappa shape index (κ1) is 24.9. The molecule has 1 aliphatic heterocycles. The molecule has 0 unspecified atom stereocenters. The number of ether oxygens (including phenoxy) is 2. The zero-order chi connectivity index (χ0) is 26.3. The number of anilines is 3. The average Bonchev–Trinajstić information content (AvgIpc) is 3.39. The van der Waals surface area contributed by atoms with Crippen LogP contribution in [0.5, 0.6) is 5.75 Å². The van der Waals surface area contributed by atoms with Gasteiger partial charge in [0.2, 0.25) is 5.95 Å². The van der Waals surface area contributed by atoms with E-state index >= 15 is 0 Å². The maximum atomic E-state index is 11.7. The molecular weight excluding hydrogens is 498 g/mol. The van der Waals surface area contributed by atoms with E-state index in [-0.39, 0.29) is 17.9 Å². The molecule has 1 fully saturated rings. The van der Waals surface area contributed by atoms with Crippen LogP contribution in [0.15, 0.2) is 30.5 Å². The SMILES string of the molecule is COc1cc2c(cc1N(C)c1ncc(Cl)c(N[C@H]3[C@@H](OC(N)=O)[C@@H]4C=C[C@H]3C4)n1)CCN(C(N)=O)CC2. The lowest BCUT2D eigenvalue weighted by atomic mass is 9.98. The highest BCUT2D eigenvalue weighted by Gasteiger charge is 2.47. The van der Waals surface area contributed by atoms with Crippen LogP contribution >= 0.6 is 11.6 Å². The van der Waals surface area contributed by atoms with Crippen molar-refractivity contribution in [2.45, 2.75) is 31.4 Å². The highest BCUT2D eigenvalue weighted by atomic mass is 35.5. The molecule has 37 heavy (non-hydrogen) atoms. The van der Waals surface area contributed by atoms with E-state index in [0.29, 0.717) is 48.5 Å². The van der Waals surface area contributed by atoms with Crippen LogP contribution in [0.4, 0.5) is 27.0 Å². The Labute approximate surface area is 219 Å². The molecule has 196 valence electrons. The molecule has 2 bridgehead atoms. The van der Waals surface area contributed by atoms with E-state index in [2.05, 4.69) is 22.5 Å². The third kappa shape index (κ3) is 4.83. The van der Waals surface area contributed by atoms with Crippen LogP contribution in [-0.2, 0) is 17.6 Å². The first-order valence-electron chi connectivity index (χ1n) is 12.2. The predicted octanol–water partition coefficient (Wildman–Crippen LogP) is 2.84. The van der Waals surface area contributed by atoms with E-state index < -0.39 is 18.2 Å². The molecule has 2 heterocycles. The number of nitrogens with zero attached hydrogens (tertiary/aromatic N) is 4. The number of carbonyl (C=O) groups excluding carboxylic acids is 2. The lowest BCUT2D eigenvalue weighted by molar-refractivity contribution is 0.0853. The van der Waals surface area contributed by atoms with Gasteiger partial charge in [0.15, 0.2) is 5.82 Å². The van der Waals surface area contributed by atoms with E-state index in [1.807, 2.05) is 24.1 Å². The summed E-state index contributed by atoms with van der Waals surface area (Å²) in [6.07, 6.45) is 6.74. The van der Waals surface area contributed by atoms with Gasteiger partial charge in [0.1, 0.15) is 16.9 Å². The van der Waals surface area contributed by atoms with Crippen LogP contribution in [0.1, 0.15) is 17.5 Å². The van der Waals surface area contributed by atoms with Gasteiger partial charge in [-0.05, 0) is 42.5 Å².